The Balaban J connectivity index is 1.77. The number of likely N-dealkylation sites (tertiary alicyclic amines) is 1. The van der Waals surface area contributed by atoms with Gasteiger partial charge in [0.05, 0.1) is 12.6 Å². The maximum Gasteiger partial charge on any atom is 0.424 e. The van der Waals surface area contributed by atoms with E-state index < -0.39 is 29.9 Å². The Morgan fingerprint density at radius 3 is 2.41 bits per heavy atom. The van der Waals surface area contributed by atoms with Gasteiger partial charge in [0.15, 0.2) is 6.10 Å². The fraction of sp³-hybridized carbons (Fsp3) is 0.679. The summed E-state index contributed by atoms with van der Waals surface area (Å²) in [6.07, 6.45) is 4.58. The van der Waals surface area contributed by atoms with E-state index in [9.17, 15) is 19.5 Å². The van der Waals surface area contributed by atoms with Crippen LogP contribution in [0.25, 0.3) is 0 Å². The molecule has 9 heteroatoms. The lowest BCUT2D eigenvalue weighted by Gasteiger charge is -2.36. The summed E-state index contributed by atoms with van der Waals surface area (Å²) in [5.41, 5.74) is 0.888. The number of ether oxygens (including phenoxy) is 1. The first kappa shape index (κ1) is 29.4. The van der Waals surface area contributed by atoms with Crippen molar-refractivity contribution in [2.75, 3.05) is 6.54 Å². The van der Waals surface area contributed by atoms with Gasteiger partial charge in [0.2, 0.25) is 0 Å². The van der Waals surface area contributed by atoms with Crippen molar-refractivity contribution in [1.29, 1.82) is 0 Å². The lowest BCUT2D eigenvalue weighted by atomic mass is 9.84. The van der Waals surface area contributed by atoms with Gasteiger partial charge in [-0.1, -0.05) is 36.9 Å². The third kappa shape index (κ3) is 7.03. The van der Waals surface area contributed by atoms with Crippen LogP contribution in [0.3, 0.4) is 0 Å². The SMILES string of the molecule is CC(NC(=O)OC(C)(C)C)c1ccc(Cl)cc1CNC(=O)[N+]1(C(=O)[C@H](O)C2CCCCC2)CCC[C@H]1C. The fourth-order valence-electron chi connectivity index (χ4n) is 5.72. The highest BCUT2D eigenvalue weighted by Crippen LogP contribution is 2.34. The van der Waals surface area contributed by atoms with Gasteiger partial charge < -0.3 is 20.5 Å². The first-order valence-electron chi connectivity index (χ1n) is 13.5. The molecule has 1 aliphatic heterocycles. The first-order chi connectivity index (χ1) is 17.3. The zero-order chi connectivity index (χ0) is 27.4. The number of nitrogens with zero attached hydrogens (tertiary/aromatic N) is 1. The summed E-state index contributed by atoms with van der Waals surface area (Å²) in [5, 5.41) is 17.3. The number of amides is 4. The molecule has 1 aromatic rings. The van der Waals surface area contributed by atoms with Crippen LogP contribution in [0, 0.1) is 5.92 Å². The molecule has 206 valence electrons. The molecule has 0 bridgehead atoms. The molecule has 1 aliphatic carbocycles. The normalized spacial score (nSPS) is 24.2. The van der Waals surface area contributed by atoms with Gasteiger partial charge in [-0.15, -0.1) is 0 Å². The van der Waals surface area contributed by atoms with E-state index in [1.807, 2.05) is 19.9 Å². The van der Waals surface area contributed by atoms with Gasteiger partial charge in [-0.2, -0.15) is 4.48 Å². The van der Waals surface area contributed by atoms with Crippen LogP contribution in [0.15, 0.2) is 18.2 Å². The first-order valence-corrected chi connectivity index (χ1v) is 13.9. The molecule has 3 N–H and O–H groups in total. The van der Waals surface area contributed by atoms with Gasteiger partial charge >= 0.3 is 18.0 Å². The van der Waals surface area contributed by atoms with Crippen LogP contribution in [0.5, 0.6) is 0 Å². The van der Waals surface area contributed by atoms with E-state index in [0.29, 0.717) is 11.6 Å². The van der Waals surface area contributed by atoms with Crippen molar-refractivity contribution in [3.05, 3.63) is 34.3 Å². The van der Waals surface area contributed by atoms with Gasteiger partial charge in [0.25, 0.3) is 0 Å². The van der Waals surface area contributed by atoms with Gasteiger partial charge in [0, 0.05) is 24.4 Å². The summed E-state index contributed by atoms with van der Waals surface area (Å²) in [4.78, 5) is 39.7. The van der Waals surface area contributed by atoms with E-state index in [4.69, 9.17) is 16.3 Å². The van der Waals surface area contributed by atoms with Crippen molar-refractivity contribution in [1.82, 2.24) is 10.6 Å². The standard InChI is InChI=1S/C28H42ClN3O5/c1-18-10-9-15-32(18,25(34)24(33)20-11-7-6-8-12-20)26(35)30-17-21-16-22(29)13-14-23(21)19(2)31-27(36)37-28(3,4)5/h13-14,16,18-20,24,33H,6-12,15,17H2,1-5H3,(H-,30,31,35,36)/p+1/t18-,19?,24-,32?/m1/s1. The van der Waals surface area contributed by atoms with Crippen molar-refractivity contribution < 1.29 is 28.7 Å². The Morgan fingerprint density at radius 2 is 1.81 bits per heavy atom. The number of quaternary nitrogens is 1. The quantitative estimate of drug-likeness (QED) is 0.410. The number of aliphatic hydroxyl groups is 1. The molecule has 8 nitrogen and oxygen atoms in total. The Kier molecular flexibility index (Phi) is 9.64. The molecular weight excluding hydrogens is 494 g/mol. The second kappa shape index (κ2) is 12.1. The highest BCUT2D eigenvalue weighted by atomic mass is 35.5. The third-order valence-corrected chi connectivity index (χ3v) is 7.96. The fourth-order valence-corrected chi connectivity index (χ4v) is 5.91. The van der Waals surface area contributed by atoms with Crippen LogP contribution in [0.2, 0.25) is 5.02 Å². The molecule has 3 rings (SSSR count). The van der Waals surface area contributed by atoms with E-state index in [-0.39, 0.29) is 28.9 Å². The molecule has 2 aliphatic rings. The molecule has 4 amide bonds. The molecule has 0 aromatic heterocycles. The maximum atomic E-state index is 13.7. The monoisotopic (exact) mass is 536 g/mol. The average Bonchev–Trinajstić information content (AvgIpc) is 3.22. The number of rotatable bonds is 6. The molecule has 2 unspecified atom stereocenters. The Labute approximate surface area is 225 Å². The Morgan fingerprint density at radius 1 is 1.14 bits per heavy atom. The van der Waals surface area contributed by atoms with Gasteiger partial charge in [0.1, 0.15) is 11.6 Å². The van der Waals surface area contributed by atoms with E-state index >= 15 is 0 Å². The number of hydrogen-bond acceptors (Lipinski definition) is 5. The zero-order valence-electron chi connectivity index (χ0n) is 22.8. The zero-order valence-corrected chi connectivity index (χ0v) is 23.6. The molecule has 1 saturated heterocycles. The minimum atomic E-state index is -1.13. The van der Waals surface area contributed by atoms with Crippen molar-refractivity contribution in [2.45, 2.75) is 110 Å². The number of benzene rings is 1. The lowest BCUT2D eigenvalue weighted by molar-refractivity contribution is -0.787. The minimum absolute atomic E-state index is 0.0869. The van der Waals surface area contributed by atoms with Crippen LogP contribution in [-0.2, 0) is 16.1 Å². The molecule has 1 heterocycles. The van der Waals surface area contributed by atoms with Gasteiger partial charge in [-0.25, -0.2) is 14.4 Å². The molecule has 0 spiro atoms. The van der Waals surface area contributed by atoms with E-state index in [1.165, 1.54) is 0 Å². The van der Waals surface area contributed by atoms with Crippen molar-refractivity contribution in [3.63, 3.8) is 0 Å². The second-order valence-corrected chi connectivity index (χ2v) is 12.1. The number of urea groups is 1. The molecule has 37 heavy (non-hydrogen) atoms. The average molecular weight is 537 g/mol. The number of nitrogens with one attached hydrogen (secondary N) is 2. The summed E-state index contributed by atoms with van der Waals surface area (Å²) < 4.78 is 5.00. The number of halogens is 1. The summed E-state index contributed by atoms with van der Waals surface area (Å²) in [6.45, 7) is 9.65. The summed E-state index contributed by atoms with van der Waals surface area (Å²) in [7, 11) is 0. The van der Waals surface area contributed by atoms with Crippen LogP contribution in [0.4, 0.5) is 9.59 Å². The van der Waals surface area contributed by atoms with E-state index in [2.05, 4.69) is 10.6 Å². The molecule has 0 radical (unpaired) electrons. The minimum Gasteiger partial charge on any atom is -0.444 e. The summed E-state index contributed by atoms with van der Waals surface area (Å²) >= 11 is 6.27. The van der Waals surface area contributed by atoms with E-state index in [0.717, 1.165) is 56.1 Å². The van der Waals surface area contributed by atoms with Crippen molar-refractivity contribution in [3.8, 4) is 0 Å². The van der Waals surface area contributed by atoms with Crippen LogP contribution in [0.1, 0.15) is 96.7 Å². The number of alkyl carbamates (subject to hydrolysis) is 1. The predicted molar refractivity (Wildman–Crippen MR) is 143 cm³/mol. The highest BCUT2D eigenvalue weighted by molar-refractivity contribution is 6.30. The molecule has 2 fully saturated rings. The van der Waals surface area contributed by atoms with Crippen molar-refractivity contribution >= 4 is 29.6 Å². The number of carbonyl (C=O) groups is 3. The van der Waals surface area contributed by atoms with Crippen LogP contribution in [-0.4, -0.2) is 51.9 Å². The van der Waals surface area contributed by atoms with Crippen LogP contribution >= 0.6 is 11.6 Å². The lowest BCUT2D eigenvalue weighted by Crippen LogP contribution is -2.66. The summed E-state index contributed by atoms with van der Waals surface area (Å²) in [5.74, 6) is -0.475. The number of hydrogen-bond donors (Lipinski definition) is 3. The Bertz CT molecular complexity index is 989. The topological polar surface area (TPSA) is 105 Å². The molecule has 1 aromatic carbocycles. The van der Waals surface area contributed by atoms with Crippen molar-refractivity contribution in [2.24, 2.45) is 5.92 Å². The highest BCUT2D eigenvalue weighted by Gasteiger charge is 2.55. The van der Waals surface area contributed by atoms with Gasteiger partial charge in [-0.3, -0.25) is 0 Å². The maximum absolute atomic E-state index is 13.7. The Hall–Kier alpha value is -2.16. The third-order valence-electron chi connectivity index (χ3n) is 7.73. The van der Waals surface area contributed by atoms with E-state index in [1.54, 1.807) is 32.9 Å². The molecule has 4 atom stereocenters. The van der Waals surface area contributed by atoms with Gasteiger partial charge in [-0.05, 0) is 76.6 Å². The van der Waals surface area contributed by atoms with Crippen LogP contribution < -0.4 is 10.6 Å². The number of aliphatic hydroxyl groups excluding tert-OH is 1. The smallest absolute Gasteiger partial charge is 0.424 e. The largest absolute Gasteiger partial charge is 0.444 e. The molecular formula is C28H43ClN3O5+. The number of imide groups is 1. The second-order valence-electron chi connectivity index (χ2n) is 11.6. The molecule has 1 saturated carbocycles. The predicted octanol–water partition coefficient (Wildman–Crippen LogP) is 5.60. The number of carbonyl (C=O) groups excluding carboxylic acids is 3. The summed E-state index contributed by atoms with van der Waals surface area (Å²) in [6, 6.07) is 4.28.